The Morgan fingerprint density at radius 2 is 2.24 bits per heavy atom. The van der Waals surface area contributed by atoms with Crippen molar-refractivity contribution in [1.82, 2.24) is 4.98 Å². The van der Waals surface area contributed by atoms with Crippen molar-refractivity contribution in [2.24, 2.45) is 5.92 Å². The van der Waals surface area contributed by atoms with E-state index in [1.165, 1.54) is 0 Å². The fraction of sp³-hybridized carbons (Fsp3) is 0.412. The monoisotopic (exact) mass is 281 g/mol. The van der Waals surface area contributed by atoms with Gasteiger partial charge in [0.05, 0.1) is 11.6 Å². The van der Waals surface area contributed by atoms with Gasteiger partial charge in [-0.3, -0.25) is 0 Å². The molecule has 4 nitrogen and oxygen atoms in total. The van der Waals surface area contributed by atoms with Crippen molar-refractivity contribution in [3.63, 3.8) is 0 Å². The average Bonchev–Trinajstić information content (AvgIpc) is 2.53. The van der Waals surface area contributed by atoms with Crippen LogP contribution in [0.3, 0.4) is 0 Å². The quantitative estimate of drug-likeness (QED) is 0.919. The molecule has 2 unspecified atom stereocenters. The first-order valence-corrected chi connectivity index (χ1v) is 7.42. The topological polar surface area (TPSA) is 60.1 Å². The summed E-state index contributed by atoms with van der Waals surface area (Å²) in [4.78, 5) is 6.65. The number of fused-ring (bicyclic) bond motifs is 1. The smallest absolute Gasteiger partial charge is 0.143 e. The van der Waals surface area contributed by atoms with E-state index >= 15 is 0 Å². The van der Waals surface area contributed by atoms with Gasteiger partial charge in [0.2, 0.25) is 0 Å². The first kappa shape index (κ1) is 13.8. The number of rotatable bonds is 2. The van der Waals surface area contributed by atoms with E-state index in [0.29, 0.717) is 5.69 Å². The van der Waals surface area contributed by atoms with Crippen LogP contribution in [0.15, 0.2) is 30.3 Å². The van der Waals surface area contributed by atoms with Gasteiger partial charge in [-0.25, -0.2) is 4.98 Å². The maximum absolute atomic E-state index is 9.86. The molecule has 1 aromatic carbocycles. The number of anilines is 1. The Hall–Kier alpha value is -2.12. The molecule has 0 radical (unpaired) electrons. The minimum Gasteiger partial charge on any atom is -0.393 e. The van der Waals surface area contributed by atoms with Gasteiger partial charge in [0.25, 0.3) is 0 Å². The van der Waals surface area contributed by atoms with Crippen molar-refractivity contribution in [3.8, 4) is 6.07 Å². The second-order valence-corrected chi connectivity index (χ2v) is 5.74. The van der Waals surface area contributed by atoms with Crippen LogP contribution in [-0.4, -0.2) is 29.3 Å². The third kappa shape index (κ3) is 2.70. The van der Waals surface area contributed by atoms with Crippen molar-refractivity contribution in [3.05, 3.63) is 36.0 Å². The molecule has 2 aromatic rings. The fourth-order valence-electron chi connectivity index (χ4n) is 3.10. The van der Waals surface area contributed by atoms with Crippen LogP contribution in [-0.2, 0) is 0 Å². The molecule has 1 saturated heterocycles. The zero-order valence-corrected chi connectivity index (χ0v) is 12.2. The first-order valence-electron chi connectivity index (χ1n) is 7.42. The van der Waals surface area contributed by atoms with Gasteiger partial charge < -0.3 is 10.0 Å². The van der Waals surface area contributed by atoms with E-state index < -0.39 is 0 Å². The molecule has 0 amide bonds. The average molecular weight is 281 g/mol. The lowest BCUT2D eigenvalue weighted by molar-refractivity contribution is 0.115. The number of para-hydroxylation sites is 1. The molecule has 1 fully saturated rings. The zero-order valence-electron chi connectivity index (χ0n) is 12.2. The summed E-state index contributed by atoms with van der Waals surface area (Å²) in [7, 11) is 0. The van der Waals surface area contributed by atoms with Gasteiger partial charge in [0, 0.05) is 30.1 Å². The summed E-state index contributed by atoms with van der Waals surface area (Å²) < 4.78 is 0. The number of nitrogens with zero attached hydrogens (tertiary/aromatic N) is 3. The molecule has 0 spiro atoms. The van der Waals surface area contributed by atoms with Gasteiger partial charge in [-0.1, -0.05) is 18.2 Å². The zero-order chi connectivity index (χ0) is 14.8. The molecular weight excluding hydrogens is 262 g/mol. The van der Waals surface area contributed by atoms with E-state index in [0.717, 1.165) is 42.5 Å². The van der Waals surface area contributed by atoms with Crippen molar-refractivity contribution < 1.29 is 5.11 Å². The largest absolute Gasteiger partial charge is 0.393 e. The molecule has 0 saturated carbocycles. The molecule has 4 heteroatoms. The summed E-state index contributed by atoms with van der Waals surface area (Å²) in [5.41, 5.74) is 2.36. The van der Waals surface area contributed by atoms with Crippen LogP contribution in [0.25, 0.3) is 10.9 Å². The first-order chi connectivity index (χ1) is 10.2. The highest BCUT2D eigenvalue weighted by Crippen LogP contribution is 2.31. The van der Waals surface area contributed by atoms with Crippen LogP contribution >= 0.6 is 0 Å². The van der Waals surface area contributed by atoms with Crippen LogP contribution in [0.1, 0.15) is 25.5 Å². The lowest BCUT2D eigenvalue weighted by Gasteiger charge is -2.36. The third-order valence-electron chi connectivity index (χ3n) is 4.29. The predicted molar refractivity (Wildman–Crippen MR) is 83.1 cm³/mol. The summed E-state index contributed by atoms with van der Waals surface area (Å²) in [5.74, 6) is 0.288. The van der Waals surface area contributed by atoms with E-state index in [4.69, 9.17) is 0 Å². The van der Waals surface area contributed by atoms with Crippen molar-refractivity contribution in [2.45, 2.75) is 25.9 Å². The highest BCUT2D eigenvalue weighted by molar-refractivity contribution is 5.92. The van der Waals surface area contributed by atoms with Crippen LogP contribution in [0.2, 0.25) is 0 Å². The Bertz CT molecular complexity index is 690. The number of hydrogen-bond acceptors (Lipinski definition) is 4. The van der Waals surface area contributed by atoms with Gasteiger partial charge in [-0.05, 0) is 31.9 Å². The predicted octanol–water partition coefficient (Wildman–Crippen LogP) is 2.70. The van der Waals surface area contributed by atoms with Gasteiger partial charge in [-0.2, -0.15) is 5.26 Å². The van der Waals surface area contributed by atoms with E-state index in [1.807, 2.05) is 37.3 Å². The normalized spacial score (nSPS) is 20.2. The molecule has 1 aliphatic heterocycles. The second-order valence-electron chi connectivity index (χ2n) is 5.74. The van der Waals surface area contributed by atoms with Crippen LogP contribution < -0.4 is 4.90 Å². The Morgan fingerprint density at radius 3 is 3.00 bits per heavy atom. The minimum absolute atomic E-state index is 0.288. The van der Waals surface area contributed by atoms with Crippen molar-refractivity contribution in [1.29, 1.82) is 5.26 Å². The molecule has 2 atom stereocenters. The highest BCUT2D eigenvalue weighted by atomic mass is 16.3. The van der Waals surface area contributed by atoms with Crippen molar-refractivity contribution in [2.75, 3.05) is 18.0 Å². The summed E-state index contributed by atoms with van der Waals surface area (Å²) in [6.45, 7) is 3.65. The molecule has 0 bridgehead atoms. The number of aliphatic hydroxyl groups excluding tert-OH is 1. The molecule has 1 aliphatic rings. The van der Waals surface area contributed by atoms with Gasteiger partial charge in [0.1, 0.15) is 11.8 Å². The molecular formula is C17H19N3O. The lowest BCUT2D eigenvalue weighted by atomic mass is 9.93. The Labute approximate surface area is 124 Å². The maximum atomic E-state index is 9.86. The van der Waals surface area contributed by atoms with Crippen LogP contribution in [0, 0.1) is 17.2 Å². The summed E-state index contributed by atoms with van der Waals surface area (Å²) in [6, 6.07) is 11.9. The van der Waals surface area contributed by atoms with E-state index in [9.17, 15) is 10.4 Å². The number of piperidine rings is 1. The standard InChI is InChI=1S/C17H19N3O/c1-12(21)13-5-4-8-20(11-13)17-9-14(10-18)19-16-7-3-2-6-15(16)17/h2-3,6-7,9,12-13,21H,4-5,8,11H2,1H3. The summed E-state index contributed by atoms with van der Waals surface area (Å²) >= 11 is 0. The van der Waals surface area contributed by atoms with Crippen LogP contribution in [0.5, 0.6) is 0 Å². The Morgan fingerprint density at radius 1 is 1.43 bits per heavy atom. The number of benzene rings is 1. The molecule has 0 aliphatic carbocycles. The number of pyridine rings is 1. The molecule has 3 rings (SSSR count). The highest BCUT2D eigenvalue weighted by Gasteiger charge is 2.25. The van der Waals surface area contributed by atoms with Crippen LogP contribution in [0.4, 0.5) is 5.69 Å². The van der Waals surface area contributed by atoms with Gasteiger partial charge in [0.15, 0.2) is 0 Å². The van der Waals surface area contributed by atoms with E-state index in [2.05, 4.69) is 16.0 Å². The number of nitriles is 1. The fourth-order valence-corrected chi connectivity index (χ4v) is 3.10. The number of hydrogen-bond donors (Lipinski definition) is 1. The SMILES string of the molecule is CC(O)C1CCCN(c2cc(C#N)nc3ccccc23)C1. The Kier molecular flexibility index (Phi) is 3.76. The Balaban J connectivity index is 2.05. The maximum Gasteiger partial charge on any atom is 0.143 e. The molecule has 1 aromatic heterocycles. The van der Waals surface area contributed by atoms with E-state index in [-0.39, 0.29) is 12.0 Å². The van der Waals surface area contributed by atoms with Crippen molar-refractivity contribution >= 4 is 16.6 Å². The molecule has 1 N–H and O–H groups in total. The minimum atomic E-state index is -0.295. The molecule has 2 heterocycles. The van der Waals surface area contributed by atoms with Gasteiger partial charge in [-0.15, -0.1) is 0 Å². The summed E-state index contributed by atoms with van der Waals surface area (Å²) in [5, 5.41) is 20.1. The lowest BCUT2D eigenvalue weighted by Crippen LogP contribution is -2.39. The number of aromatic nitrogens is 1. The second kappa shape index (κ2) is 5.71. The molecule has 108 valence electrons. The number of aliphatic hydroxyl groups is 1. The van der Waals surface area contributed by atoms with E-state index in [1.54, 1.807) is 0 Å². The van der Waals surface area contributed by atoms with Gasteiger partial charge >= 0.3 is 0 Å². The third-order valence-corrected chi connectivity index (χ3v) is 4.29. The molecule has 21 heavy (non-hydrogen) atoms. The summed E-state index contributed by atoms with van der Waals surface area (Å²) in [6.07, 6.45) is 1.83.